The number of carbonyl (C=O) groups is 2. The summed E-state index contributed by atoms with van der Waals surface area (Å²) in [5, 5.41) is 21.5. The molecule has 1 atom stereocenters. The summed E-state index contributed by atoms with van der Waals surface area (Å²) in [4.78, 5) is 51.0. The van der Waals surface area contributed by atoms with Crippen LogP contribution in [0.25, 0.3) is 11.0 Å². The molecule has 5 N–H and O–H groups in total. The Balaban J connectivity index is 1.19. The van der Waals surface area contributed by atoms with Gasteiger partial charge in [0.05, 0.1) is 29.2 Å². The van der Waals surface area contributed by atoms with Gasteiger partial charge in [-0.1, -0.05) is 24.3 Å². The molecule has 280 valence electrons. The van der Waals surface area contributed by atoms with Crippen molar-refractivity contribution >= 4 is 46.6 Å². The van der Waals surface area contributed by atoms with E-state index in [1.165, 1.54) is 12.1 Å². The van der Waals surface area contributed by atoms with E-state index in [0.29, 0.717) is 61.6 Å². The standard InChI is InChI=1S/C38H43FN12O3/c1-38(2,3)54-37(53)51-16-14-50(15-17-51)23-26-6-5-7-28(18-26)43-35-47-34(42-22-32-44-29-13-12-27(39)20-30(29)45-32)48-36(49-35)46-31(33(52)41-4)19-24-8-10-25(21-40)11-9-24/h5-13,18,20,31H,14-17,19,22-23H2,1-4H3,(H,41,52)(H,44,45)(H3,42,43,46,47,48,49)/t31-/m1/s1. The molecular weight excluding hydrogens is 691 g/mol. The maximum absolute atomic E-state index is 13.8. The summed E-state index contributed by atoms with van der Waals surface area (Å²) in [5.74, 6) is 0.451. The number of hydrogen-bond donors (Lipinski definition) is 5. The third kappa shape index (κ3) is 10.2. The molecule has 1 fully saturated rings. The van der Waals surface area contributed by atoms with Crippen LogP contribution in [0, 0.1) is 17.1 Å². The van der Waals surface area contributed by atoms with Crippen molar-refractivity contribution in [3.05, 3.63) is 95.1 Å². The summed E-state index contributed by atoms with van der Waals surface area (Å²) in [6.45, 7) is 9.04. The fourth-order valence-corrected chi connectivity index (χ4v) is 5.89. The summed E-state index contributed by atoms with van der Waals surface area (Å²) in [6.07, 6.45) is 0.00366. The van der Waals surface area contributed by atoms with Gasteiger partial charge in [0.1, 0.15) is 23.3 Å². The molecule has 15 nitrogen and oxygen atoms in total. The first-order valence-electron chi connectivity index (χ1n) is 17.6. The second-order valence-corrected chi connectivity index (χ2v) is 13.9. The van der Waals surface area contributed by atoms with E-state index in [1.807, 2.05) is 45.0 Å². The van der Waals surface area contributed by atoms with Gasteiger partial charge < -0.3 is 35.9 Å². The van der Waals surface area contributed by atoms with E-state index in [1.54, 1.807) is 42.3 Å². The molecule has 0 bridgehead atoms. The molecule has 6 rings (SSSR count). The van der Waals surface area contributed by atoms with E-state index < -0.39 is 11.6 Å². The summed E-state index contributed by atoms with van der Waals surface area (Å²) in [5.41, 5.74) is 3.80. The monoisotopic (exact) mass is 734 g/mol. The minimum atomic E-state index is -0.754. The van der Waals surface area contributed by atoms with Crippen molar-refractivity contribution in [3.8, 4) is 6.07 Å². The van der Waals surface area contributed by atoms with E-state index in [0.717, 1.165) is 16.8 Å². The molecule has 1 aliphatic heterocycles. The van der Waals surface area contributed by atoms with Gasteiger partial charge in [-0.2, -0.15) is 20.2 Å². The third-order valence-corrected chi connectivity index (χ3v) is 8.55. The van der Waals surface area contributed by atoms with Gasteiger partial charge in [0.25, 0.3) is 0 Å². The van der Waals surface area contributed by atoms with E-state index in [4.69, 9.17) is 4.74 Å². The number of amides is 2. The highest BCUT2D eigenvalue weighted by molar-refractivity contribution is 5.84. The number of hydrogen-bond acceptors (Lipinski definition) is 12. The minimum Gasteiger partial charge on any atom is -0.444 e. The highest BCUT2D eigenvalue weighted by atomic mass is 19.1. The molecule has 0 saturated carbocycles. The van der Waals surface area contributed by atoms with Gasteiger partial charge in [0.2, 0.25) is 23.8 Å². The number of aromatic amines is 1. The van der Waals surface area contributed by atoms with Crippen molar-refractivity contribution < 1.29 is 18.7 Å². The van der Waals surface area contributed by atoms with Crippen LogP contribution in [0.15, 0.2) is 66.7 Å². The zero-order valence-corrected chi connectivity index (χ0v) is 30.6. The molecule has 2 aromatic heterocycles. The van der Waals surface area contributed by atoms with E-state index >= 15 is 0 Å². The minimum absolute atomic E-state index is 0.142. The Hall–Kier alpha value is -6.34. The van der Waals surface area contributed by atoms with E-state index in [-0.39, 0.29) is 42.2 Å². The summed E-state index contributed by atoms with van der Waals surface area (Å²) < 4.78 is 19.3. The second-order valence-electron chi connectivity index (χ2n) is 13.9. The number of fused-ring (bicyclic) bond motifs is 1. The van der Waals surface area contributed by atoms with Gasteiger partial charge in [0, 0.05) is 57.9 Å². The lowest BCUT2D eigenvalue weighted by atomic mass is 10.0. The quantitative estimate of drug-likeness (QED) is 0.116. The van der Waals surface area contributed by atoms with Crippen molar-refractivity contribution in [3.63, 3.8) is 0 Å². The number of ether oxygens (including phenoxy) is 1. The van der Waals surface area contributed by atoms with E-state index in [2.05, 4.69) is 57.2 Å². The average Bonchev–Trinajstić information content (AvgIpc) is 3.55. The summed E-state index contributed by atoms with van der Waals surface area (Å²) >= 11 is 0. The summed E-state index contributed by atoms with van der Waals surface area (Å²) in [6, 6.07) is 20.6. The molecule has 3 heterocycles. The number of anilines is 4. The summed E-state index contributed by atoms with van der Waals surface area (Å²) in [7, 11) is 1.55. The van der Waals surface area contributed by atoms with Crippen molar-refractivity contribution in [1.29, 1.82) is 5.26 Å². The van der Waals surface area contributed by atoms with Gasteiger partial charge in [-0.05, 0) is 68.3 Å². The Morgan fingerprint density at radius 1 is 0.944 bits per heavy atom. The molecule has 2 amide bonds. The Kier molecular flexibility index (Phi) is 11.5. The molecule has 54 heavy (non-hydrogen) atoms. The van der Waals surface area contributed by atoms with Crippen LogP contribution in [-0.4, -0.2) is 91.6 Å². The van der Waals surface area contributed by atoms with Crippen LogP contribution in [0.2, 0.25) is 0 Å². The van der Waals surface area contributed by atoms with Crippen molar-refractivity contribution in [2.24, 2.45) is 0 Å². The number of nitrogens with zero attached hydrogens (tertiary/aromatic N) is 7. The fourth-order valence-electron chi connectivity index (χ4n) is 5.89. The van der Waals surface area contributed by atoms with Crippen LogP contribution in [0.5, 0.6) is 0 Å². The number of nitrogens with one attached hydrogen (secondary N) is 5. The highest BCUT2D eigenvalue weighted by Crippen LogP contribution is 2.21. The highest BCUT2D eigenvalue weighted by Gasteiger charge is 2.26. The Morgan fingerprint density at radius 3 is 2.41 bits per heavy atom. The van der Waals surface area contributed by atoms with Gasteiger partial charge in [-0.25, -0.2) is 14.2 Å². The third-order valence-electron chi connectivity index (χ3n) is 8.55. The molecule has 16 heteroatoms. The molecule has 1 saturated heterocycles. The Bertz CT molecular complexity index is 2140. The van der Waals surface area contributed by atoms with Crippen molar-refractivity contribution in [1.82, 2.24) is 40.0 Å². The number of piperazine rings is 1. The second kappa shape index (κ2) is 16.6. The topological polar surface area (TPSA) is 189 Å². The zero-order chi connectivity index (χ0) is 38.2. The van der Waals surface area contributed by atoms with Crippen LogP contribution in [0.3, 0.4) is 0 Å². The fraction of sp³-hybridized carbons (Fsp3) is 0.342. The number of likely N-dealkylation sites (N-methyl/N-ethyl adjacent to an activating group) is 1. The van der Waals surface area contributed by atoms with Crippen LogP contribution in [0.4, 0.5) is 32.7 Å². The largest absolute Gasteiger partial charge is 0.444 e. The SMILES string of the molecule is CNC(=O)[C@@H](Cc1ccc(C#N)cc1)Nc1nc(NCc2nc3cc(F)ccc3[nH]2)nc(Nc2cccc(CN3CCN(C(=O)OC(C)(C)C)CC3)c2)n1. The van der Waals surface area contributed by atoms with Crippen LogP contribution in [-0.2, 0) is 29.0 Å². The number of benzene rings is 3. The maximum Gasteiger partial charge on any atom is 0.410 e. The predicted molar refractivity (Wildman–Crippen MR) is 202 cm³/mol. The normalized spacial score (nSPS) is 13.9. The lowest BCUT2D eigenvalue weighted by Gasteiger charge is -2.35. The molecular formula is C38H43FN12O3. The first kappa shape index (κ1) is 37.4. The van der Waals surface area contributed by atoms with Gasteiger partial charge >= 0.3 is 6.09 Å². The number of aromatic nitrogens is 5. The first-order chi connectivity index (χ1) is 25.9. The smallest absolute Gasteiger partial charge is 0.410 e. The van der Waals surface area contributed by atoms with Crippen LogP contribution < -0.4 is 21.3 Å². The molecule has 0 radical (unpaired) electrons. The number of nitriles is 1. The number of imidazole rings is 1. The van der Waals surface area contributed by atoms with Crippen molar-refractivity contribution in [2.45, 2.75) is 51.9 Å². The lowest BCUT2D eigenvalue weighted by Crippen LogP contribution is -2.49. The Morgan fingerprint density at radius 2 is 1.69 bits per heavy atom. The van der Waals surface area contributed by atoms with Gasteiger partial charge in [-0.3, -0.25) is 9.69 Å². The first-order valence-corrected chi connectivity index (χ1v) is 17.6. The van der Waals surface area contributed by atoms with Crippen molar-refractivity contribution in [2.75, 3.05) is 49.2 Å². The number of rotatable bonds is 12. The molecule has 1 aliphatic rings. The number of halogens is 1. The number of carbonyl (C=O) groups excluding carboxylic acids is 2. The molecule has 0 unspecified atom stereocenters. The Labute approximate surface area is 312 Å². The molecule has 0 aliphatic carbocycles. The number of H-pyrrole nitrogens is 1. The average molecular weight is 735 g/mol. The lowest BCUT2D eigenvalue weighted by molar-refractivity contribution is -0.121. The molecule has 0 spiro atoms. The maximum atomic E-state index is 13.8. The predicted octanol–water partition coefficient (Wildman–Crippen LogP) is 4.94. The van der Waals surface area contributed by atoms with Crippen LogP contribution >= 0.6 is 0 Å². The molecule has 5 aromatic rings. The van der Waals surface area contributed by atoms with Gasteiger partial charge in [-0.15, -0.1) is 0 Å². The molecule has 3 aromatic carbocycles. The van der Waals surface area contributed by atoms with E-state index in [9.17, 15) is 19.2 Å². The zero-order valence-electron chi connectivity index (χ0n) is 30.6. The van der Waals surface area contributed by atoms with Gasteiger partial charge in [0.15, 0.2) is 0 Å². The van der Waals surface area contributed by atoms with Crippen LogP contribution in [0.1, 0.15) is 43.3 Å².